The topological polar surface area (TPSA) is 88.1 Å². The summed E-state index contributed by atoms with van der Waals surface area (Å²) < 4.78 is 5.46. The van der Waals surface area contributed by atoms with Crippen LogP contribution < -0.4 is 11.1 Å². The molecule has 3 unspecified atom stereocenters. The second-order valence-electron chi connectivity index (χ2n) is 6.43. The van der Waals surface area contributed by atoms with Crippen molar-refractivity contribution in [2.75, 3.05) is 0 Å². The fourth-order valence-corrected chi connectivity index (χ4v) is 2.31. The molecule has 2 rings (SSSR count). The third-order valence-corrected chi connectivity index (χ3v) is 3.52. The fraction of sp³-hybridized carbons (Fsp3) is 0.500. The first kappa shape index (κ1) is 15.5. The van der Waals surface area contributed by atoms with Crippen molar-refractivity contribution < 1.29 is 9.53 Å². The van der Waals surface area contributed by atoms with Gasteiger partial charge in [0.15, 0.2) is 6.23 Å². The van der Waals surface area contributed by atoms with Crippen molar-refractivity contribution in [3.8, 4) is 6.07 Å². The van der Waals surface area contributed by atoms with E-state index in [0.29, 0.717) is 12.0 Å². The Hall–Kier alpha value is -1.90. The van der Waals surface area contributed by atoms with Crippen molar-refractivity contribution in [3.05, 3.63) is 35.4 Å². The van der Waals surface area contributed by atoms with Gasteiger partial charge in [0.25, 0.3) is 0 Å². The zero-order valence-electron chi connectivity index (χ0n) is 12.6. The van der Waals surface area contributed by atoms with Crippen LogP contribution in [0.15, 0.2) is 24.3 Å². The lowest BCUT2D eigenvalue weighted by Gasteiger charge is -2.21. The third-order valence-electron chi connectivity index (χ3n) is 3.52. The van der Waals surface area contributed by atoms with E-state index < -0.39 is 5.41 Å². The first-order valence-corrected chi connectivity index (χ1v) is 7.04. The summed E-state index contributed by atoms with van der Waals surface area (Å²) in [4.78, 5) is 11.9. The van der Waals surface area contributed by atoms with Gasteiger partial charge in [-0.2, -0.15) is 5.26 Å². The fourth-order valence-electron chi connectivity index (χ4n) is 2.31. The van der Waals surface area contributed by atoms with E-state index in [1.165, 1.54) is 0 Å². The molecule has 1 aromatic carbocycles. The van der Waals surface area contributed by atoms with Crippen LogP contribution in [0.5, 0.6) is 0 Å². The highest BCUT2D eigenvalue weighted by Gasteiger charge is 2.36. The van der Waals surface area contributed by atoms with Gasteiger partial charge in [0.05, 0.1) is 23.1 Å². The molecule has 1 saturated heterocycles. The smallest absolute Gasteiger partial charge is 0.312 e. The first-order chi connectivity index (χ1) is 9.81. The molecule has 0 saturated carbocycles. The van der Waals surface area contributed by atoms with Crippen LogP contribution in [0, 0.1) is 16.7 Å². The minimum absolute atomic E-state index is 0.115. The van der Waals surface area contributed by atoms with Crippen molar-refractivity contribution >= 4 is 5.97 Å². The second kappa shape index (κ2) is 5.84. The molecule has 3 N–H and O–H groups in total. The summed E-state index contributed by atoms with van der Waals surface area (Å²) in [5, 5.41) is 12.2. The van der Waals surface area contributed by atoms with E-state index in [2.05, 4.69) is 11.4 Å². The van der Waals surface area contributed by atoms with Crippen LogP contribution in [0.1, 0.15) is 44.4 Å². The van der Waals surface area contributed by atoms with Gasteiger partial charge >= 0.3 is 5.97 Å². The molecule has 21 heavy (non-hydrogen) atoms. The average molecular weight is 287 g/mol. The van der Waals surface area contributed by atoms with Crippen LogP contribution in [-0.2, 0) is 9.53 Å². The van der Waals surface area contributed by atoms with Gasteiger partial charge in [-0.25, -0.2) is 0 Å². The molecule has 0 bridgehead atoms. The summed E-state index contributed by atoms with van der Waals surface area (Å²) in [7, 11) is 0. The number of nitrogens with one attached hydrogen (secondary N) is 1. The average Bonchev–Trinajstić information content (AvgIpc) is 2.78. The number of ether oxygens (including phenoxy) is 1. The number of carbonyl (C=O) groups excluding carboxylic acids is 1. The molecule has 0 aromatic heterocycles. The number of hydrogen-bond acceptors (Lipinski definition) is 5. The molecule has 0 aliphatic carbocycles. The zero-order chi connectivity index (χ0) is 15.6. The van der Waals surface area contributed by atoms with E-state index >= 15 is 0 Å². The maximum atomic E-state index is 11.9. The van der Waals surface area contributed by atoms with E-state index in [4.69, 9.17) is 15.7 Å². The standard InChI is InChI=1S/C16H21N3O2/c1-16(2,3)15(20)21-13-8-12(18)14(19-13)11-6-4-5-10(7-11)9-17/h4-7,12-14,19H,8,18H2,1-3H3. The Bertz CT molecular complexity index is 572. The lowest BCUT2D eigenvalue weighted by Crippen LogP contribution is -2.34. The quantitative estimate of drug-likeness (QED) is 0.810. The van der Waals surface area contributed by atoms with Gasteiger partial charge in [-0.05, 0) is 38.5 Å². The molecule has 5 nitrogen and oxygen atoms in total. The summed E-state index contributed by atoms with van der Waals surface area (Å²) in [5.74, 6) is -0.251. The SMILES string of the molecule is CC(C)(C)C(=O)OC1CC(N)C(c2cccc(C#N)c2)N1. The lowest BCUT2D eigenvalue weighted by atomic mass is 9.97. The van der Waals surface area contributed by atoms with E-state index in [-0.39, 0.29) is 24.3 Å². The first-order valence-electron chi connectivity index (χ1n) is 7.04. The van der Waals surface area contributed by atoms with E-state index in [1.54, 1.807) is 6.07 Å². The lowest BCUT2D eigenvalue weighted by molar-refractivity contribution is -0.159. The largest absolute Gasteiger partial charge is 0.446 e. The normalized spacial score (nSPS) is 25.4. The van der Waals surface area contributed by atoms with Crippen molar-refractivity contribution in [1.29, 1.82) is 5.26 Å². The molecule has 1 heterocycles. The summed E-state index contributed by atoms with van der Waals surface area (Å²) in [6.07, 6.45) is 0.172. The van der Waals surface area contributed by atoms with Crippen molar-refractivity contribution in [3.63, 3.8) is 0 Å². The number of nitrogens with two attached hydrogens (primary N) is 1. The zero-order valence-corrected chi connectivity index (χ0v) is 12.6. The number of esters is 1. The Balaban J connectivity index is 2.08. The van der Waals surface area contributed by atoms with Crippen LogP contribution in [0.3, 0.4) is 0 Å². The van der Waals surface area contributed by atoms with Gasteiger partial charge in [0.1, 0.15) is 0 Å². The molecule has 1 aliphatic rings. The molecule has 112 valence electrons. The molecular formula is C16H21N3O2. The highest BCUT2D eigenvalue weighted by atomic mass is 16.6. The van der Waals surface area contributed by atoms with Gasteiger partial charge in [-0.1, -0.05) is 12.1 Å². The minimum atomic E-state index is -0.537. The van der Waals surface area contributed by atoms with Gasteiger partial charge in [0.2, 0.25) is 0 Å². The Morgan fingerprint density at radius 3 is 2.81 bits per heavy atom. The summed E-state index contributed by atoms with van der Waals surface area (Å²) in [6.45, 7) is 5.45. The summed E-state index contributed by atoms with van der Waals surface area (Å²) in [5.41, 5.74) is 7.14. The number of hydrogen-bond donors (Lipinski definition) is 2. The van der Waals surface area contributed by atoms with Crippen LogP contribution in [0.2, 0.25) is 0 Å². The van der Waals surface area contributed by atoms with Gasteiger partial charge < -0.3 is 10.5 Å². The van der Waals surface area contributed by atoms with E-state index in [9.17, 15) is 4.79 Å². The predicted octanol–water partition coefficient (Wildman–Crippen LogP) is 1.84. The molecule has 0 amide bonds. The number of nitriles is 1. The van der Waals surface area contributed by atoms with Crippen molar-refractivity contribution in [1.82, 2.24) is 5.32 Å². The Morgan fingerprint density at radius 2 is 2.19 bits per heavy atom. The van der Waals surface area contributed by atoms with Crippen LogP contribution in [0.4, 0.5) is 0 Å². The highest BCUT2D eigenvalue weighted by Crippen LogP contribution is 2.28. The molecule has 1 aliphatic heterocycles. The molecule has 0 spiro atoms. The Labute approximate surface area is 125 Å². The maximum absolute atomic E-state index is 11.9. The number of rotatable bonds is 2. The predicted molar refractivity (Wildman–Crippen MR) is 79.0 cm³/mol. The van der Waals surface area contributed by atoms with Crippen LogP contribution in [-0.4, -0.2) is 18.2 Å². The van der Waals surface area contributed by atoms with Crippen molar-refractivity contribution in [2.45, 2.75) is 45.5 Å². The van der Waals surface area contributed by atoms with Gasteiger partial charge in [0, 0.05) is 12.5 Å². The van der Waals surface area contributed by atoms with Gasteiger partial charge in [-0.15, -0.1) is 0 Å². The number of benzene rings is 1. The monoisotopic (exact) mass is 287 g/mol. The van der Waals surface area contributed by atoms with Crippen LogP contribution in [0.25, 0.3) is 0 Å². The molecule has 1 fully saturated rings. The number of carbonyl (C=O) groups is 1. The summed E-state index contributed by atoms with van der Waals surface area (Å²) in [6, 6.07) is 9.16. The molecular weight excluding hydrogens is 266 g/mol. The molecule has 0 radical (unpaired) electrons. The molecule has 1 aromatic rings. The number of nitrogens with zero attached hydrogens (tertiary/aromatic N) is 1. The summed E-state index contributed by atoms with van der Waals surface area (Å²) >= 11 is 0. The second-order valence-corrected chi connectivity index (χ2v) is 6.43. The van der Waals surface area contributed by atoms with Gasteiger partial charge in [-0.3, -0.25) is 10.1 Å². The molecule has 3 atom stereocenters. The maximum Gasteiger partial charge on any atom is 0.312 e. The molecule has 5 heteroatoms. The Morgan fingerprint density at radius 1 is 1.48 bits per heavy atom. The Kier molecular flexibility index (Phi) is 4.31. The van der Waals surface area contributed by atoms with Crippen LogP contribution >= 0.6 is 0 Å². The van der Waals surface area contributed by atoms with Crippen molar-refractivity contribution in [2.24, 2.45) is 11.1 Å². The highest BCUT2D eigenvalue weighted by molar-refractivity contribution is 5.75. The third kappa shape index (κ3) is 3.60. The van der Waals surface area contributed by atoms with E-state index in [0.717, 1.165) is 5.56 Å². The minimum Gasteiger partial charge on any atom is -0.446 e. The van der Waals surface area contributed by atoms with E-state index in [1.807, 2.05) is 39.0 Å².